The topological polar surface area (TPSA) is 300 Å². The molecule has 10 atom stereocenters. The monoisotopic (exact) mass is 682 g/mol. The van der Waals surface area contributed by atoms with Gasteiger partial charge in [-0.2, -0.15) is 14.3 Å². The number of ether oxygens (including phenoxy) is 2. The maximum absolute atomic E-state index is 15.6. The predicted molar refractivity (Wildman–Crippen MR) is 145 cm³/mol. The van der Waals surface area contributed by atoms with Crippen LogP contribution in [0.2, 0.25) is 0 Å². The second kappa shape index (κ2) is 11.6. The van der Waals surface area contributed by atoms with Gasteiger partial charge in [-0.15, -0.1) is 10.2 Å². The molecule has 4 aromatic rings. The largest absolute Gasteiger partial charge is 0.394 e. The molecule has 2 fully saturated rings. The molecule has 0 spiro atoms. The maximum Gasteiger partial charge on any atom is 0.317 e. The Labute approximate surface area is 247 Å². The maximum atomic E-state index is 15.6. The van der Waals surface area contributed by atoms with Crippen LogP contribution in [0.15, 0.2) is 11.1 Å². The van der Waals surface area contributed by atoms with Crippen LogP contribution in [0.4, 0.5) is 20.5 Å². The van der Waals surface area contributed by atoms with Crippen LogP contribution in [0.1, 0.15) is 12.5 Å². The Morgan fingerprint density at radius 2 is 1.77 bits per heavy atom. The summed E-state index contributed by atoms with van der Waals surface area (Å²) < 4.78 is 66.3. The van der Waals surface area contributed by atoms with Crippen LogP contribution in [-0.2, 0) is 34.9 Å². The first-order valence-electron chi connectivity index (χ1n) is 12.4. The average Bonchev–Trinajstić information content (AvgIpc) is 3.72. The van der Waals surface area contributed by atoms with Gasteiger partial charge in [0.05, 0.1) is 13.2 Å². The lowest BCUT2D eigenvalue weighted by Gasteiger charge is -2.29. The van der Waals surface area contributed by atoms with Gasteiger partial charge >= 0.3 is 8.25 Å². The van der Waals surface area contributed by atoms with E-state index in [0.29, 0.717) is 0 Å². The van der Waals surface area contributed by atoms with Crippen molar-refractivity contribution in [1.29, 1.82) is 0 Å². The molecule has 2 unspecified atom stereocenters. The highest BCUT2D eigenvalue weighted by Crippen LogP contribution is 2.58. The molecule has 2 aliphatic heterocycles. The van der Waals surface area contributed by atoms with Gasteiger partial charge in [-0.1, -0.05) is 10.4 Å². The number of hydrogen-bond acceptors (Lipinski definition) is 17. The zero-order chi connectivity index (χ0) is 31.5. The number of aromatic amines is 1. The highest BCUT2D eigenvalue weighted by Gasteiger charge is 2.55. The fourth-order valence-electron chi connectivity index (χ4n) is 4.93. The summed E-state index contributed by atoms with van der Waals surface area (Å²) in [6, 6.07) is 0. The van der Waals surface area contributed by atoms with Gasteiger partial charge in [-0.25, -0.2) is 18.7 Å². The van der Waals surface area contributed by atoms with Crippen molar-refractivity contribution in [3.8, 4) is 0 Å². The summed E-state index contributed by atoms with van der Waals surface area (Å²) in [5.74, 6) is -0.380. The van der Waals surface area contributed by atoms with Gasteiger partial charge in [0, 0.05) is 0 Å². The zero-order valence-corrected chi connectivity index (χ0v) is 24.4. The first kappa shape index (κ1) is 30.8. The lowest BCUT2D eigenvalue weighted by atomic mass is 10.1. The molecular weight excluding hydrogens is 660 g/mol. The number of rotatable bonds is 9. The smallest absolute Gasteiger partial charge is 0.317 e. The highest BCUT2D eigenvalue weighted by molar-refractivity contribution is 8.09. The Bertz CT molecular complexity index is 1850. The number of anilines is 2. The molecule has 6 rings (SSSR count). The molecule has 21 nitrogen and oxygen atoms in total. The van der Waals surface area contributed by atoms with E-state index in [1.807, 2.05) is 0 Å². The summed E-state index contributed by atoms with van der Waals surface area (Å²) in [7, 11) is -3.74. The normalized spacial score (nSPS) is 31.1. The Kier molecular flexibility index (Phi) is 8.15. The number of nitrogens with zero attached hydrogens (tertiary/aromatic N) is 9. The lowest BCUT2D eigenvalue weighted by molar-refractivity contribution is -0.0464. The van der Waals surface area contributed by atoms with Crippen LogP contribution < -0.4 is 17.0 Å². The van der Waals surface area contributed by atoms with Crippen molar-refractivity contribution >= 4 is 60.6 Å². The third kappa shape index (κ3) is 5.25. The zero-order valence-electron chi connectivity index (χ0n) is 21.7. The summed E-state index contributed by atoms with van der Waals surface area (Å²) >= 11 is 5.30. The van der Waals surface area contributed by atoms with Crippen LogP contribution >= 0.6 is 14.7 Å². The van der Waals surface area contributed by atoms with Gasteiger partial charge in [0.2, 0.25) is 5.95 Å². The molecule has 4 aromatic heterocycles. The Hall–Kier alpha value is -3.18. The van der Waals surface area contributed by atoms with E-state index in [2.05, 4.69) is 40.6 Å². The van der Waals surface area contributed by atoms with Crippen LogP contribution in [0.5, 0.6) is 0 Å². The molecule has 238 valence electrons. The van der Waals surface area contributed by atoms with Crippen molar-refractivity contribution < 1.29 is 46.8 Å². The van der Waals surface area contributed by atoms with E-state index in [0.717, 1.165) is 15.7 Å². The van der Waals surface area contributed by atoms with Gasteiger partial charge in [-0.3, -0.25) is 14.3 Å². The number of halogens is 2. The molecule has 26 heteroatoms. The van der Waals surface area contributed by atoms with Crippen molar-refractivity contribution in [1.82, 2.24) is 49.9 Å². The number of nitrogens with two attached hydrogens (primary N) is 2. The Morgan fingerprint density at radius 1 is 1.09 bits per heavy atom. The van der Waals surface area contributed by atoms with Gasteiger partial charge in [0.25, 0.3) is 5.56 Å². The van der Waals surface area contributed by atoms with Crippen LogP contribution in [0, 0.1) is 0 Å². The summed E-state index contributed by atoms with van der Waals surface area (Å²) in [4.78, 5) is 46.9. The summed E-state index contributed by atoms with van der Waals surface area (Å²) in [5, 5.41) is 24.8. The van der Waals surface area contributed by atoms with E-state index in [4.69, 9.17) is 41.8 Å². The Morgan fingerprint density at radius 3 is 2.48 bits per heavy atom. The third-order valence-electron chi connectivity index (χ3n) is 6.90. The molecule has 8 N–H and O–H groups in total. The molecule has 0 radical (unpaired) electrons. The molecular formula is C18H22F2N12O9P2S. The molecule has 0 amide bonds. The summed E-state index contributed by atoms with van der Waals surface area (Å²) in [6.07, 6.45) is -11.2. The minimum atomic E-state index is -4.38. The number of nitrogens with one attached hydrogen (secondary N) is 1. The molecule has 0 bridgehead atoms. The first-order chi connectivity index (χ1) is 20.9. The van der Waals surface area contributed by atoms with E-state index in [1.54, 1.807) is 0 Å². The van der Waals surface area contributed by atoms with Crippen molar-refractivity contribution in [3.05, 3.63) is 16.7 Å². The SMILES string of the molecule is Nc1nc2c(nnn2[C@@H]2O[C@H](CO)[C@H](F)[C@H]2P(O)(=S)OC[C@H]2O[C@@H](n3nnc4c(N)ncnc43)[C@@H](F)[C@@H]2O[PH](=O)O)c(=O)[nH]1. The minimum absolute atomic E-state index is 0.0243. The van der Waals surface area contributed by atoms with Crippen molar-refractivity contribution in [2.24, 2.45) is 0 Å². The number of fused-ring (bicyclic) bond motifs is 2. The van der Waals surface area contributed by atoms with Gasteiger partial charge in [0.1, 0.15) is 36.5 Å². The molecule has 0 saturated carbocycles. The van der Waals surface area contributed by atoms with Crippen LogP contribution in [-0.4, -0.2) is 114 Å². The number of aromatic nitrogens is 10. The number of hydrogen-bond donors (Lipinski definition) is 6. The Balaban J connectivity index is 1.29. The number of H-pyrrole nitrogens is 1. The van der Waals surface area contributed by atoms with E-state index >= 15 is 8.78 Å². The first-order valence-corrected chi connectivity index (χ1v) is 16.4. The second-order valence-corrected chi connectivity index (χ2v) is 13.8. The van der Waals surface area contributed by atoms with Gasteiger partial charge < -0.3 is 44.9 Å². The molecule has 2 saturated heterocycles. The quantitative estimate of drug-likeness (QED) is 0.102. The van der Waals surface area contributed by atoms with Crippen molar-refractivity contribution in [3.63, 3.8) is 0 Å². The fraction of sp³-hybridized carbons (Fsp3) is 0.556. The number of nitrogen functional groups attached to an aromatic ring is 2. The van der Waals surface area contributed by atoms with Crippen LogP contribution in [0.3, 0.4) is 0 Å². The third-order valence-corrected chi connectivity index (χ3v) is 10.2. The predicted octanol–water partition coefficient (Wildman–Crippen LogP) is -2.17. The lowest BCUT2D eigenvalue weighted by Crippen LogP contribution is -2.35. The minimum Gasteiger partial charge on any atom is -0.394 e. The van der Waals surface area contributed by atoms with Gasteiger partial charge in [0.15, 0.2) is 53.3 Å². The number of aliphatic hydroxyl groups excluding tert-OH is 1. The molecule has 0 aromatic carbocycles. The van der Waals surface area contributed by atoms with Crippen LogP contribution in [0.25, 0.3) is 22.3 Å². The highest BCUT2D eigenvalue weighted by atomic mass is 32.5. The average molecular weight is 682 g/mol. The fourth-order valence-corrected chi connectivity index (χ4v) is 7.89. The van der Waals surface area contributed by atoms with E-state index < -0.39 is 82.3 Å². The number of alkyl halides is 2. The summed E-state index contributed by atoms with van der Waals surface area (Å²) in [5.41, 5.74) is 8.34. The van der Waals surface area contributed by atoms with E-state index in [9.17, 15) is 24.3 Å². The standard InChI is InChI=1S/C18H22F2N12O9P2S/c19-6-4(1-33)39-17(32-14-9(28-30-32)15(34)26-18(22)25-14)11(6)43(37,44)38-2-5-10(41-42(35)36)7(20)16(40-5)31-13-8(27-29-31)12(21)23-3-24-13/h3-7,10-11,16-17,33,42H,1-2H2,(H,35,36)(H,37,44)(H2,21,23,24)(H3,22,25,26,34)/t4-,5-,6+,7+,10-,11-,16-,17-,43?/m1/s1. The summed E-state index contributed by atoms with van der Waals surface area (Å²) in [6.45, 7) is -6.00. The van der Waals surface area contributed by atoms with Gasteiger partial charge in [-0.05, 0) is 11.8 Å². The molecule has 2 aliphatic rings. The van der Waals surface area contributed by atoms with Crippen molar-refractivity contribution in [2.75, 3.05) is 24.7 Å². The van der Waals surface area contributed by atoms with E-state index in [-0.39, 0.29) is 34.1 Å². The van der Waals surface area contributed by atoms with E-state index in [1.165, 1.54) is 0 Å². The number of aliphatic hydroxyl groups is 1. The molecule has 44 heavy (non-hydrogen) atoms. The van der Waals surface area contributed by atoms with Crippen molar-refractivity contribution in [2.45, 2.75) is 48.8 Å². The molecule has 6 heterocycles. The molecule has 0 aliphatic carbocycles. The second-order valence-electron chi connectivity index (χ2n) is 9.52.